The number of aryl methyl sites for hydroxylation is 1. The molecule has 154 valence electrons. The van der Waals surface area contributed by atoms with E-state index in [1.54, 1.807) is 0 Å². The summed E-state index contributed by atoms with van der Waals surface area (Å²) in [5.74, 6) is 0.430. The maximum absolute atomic E-state index is 13.2. The quantitative estimate of drug-likeness (QED) is 0.640. The highest BCUT2D eigenvalue weighted by molar-refractivity contribution is 5.93. The van der Waals surface area contributed by atoms with Crippen molar-refractivity contribution in [1.29, 1.82) is 0 Å². The Kier molecular flexibility index (Phi) is 5.26. The van der Waals surface area contributed by atoms with Crippen LogP contribution in [0.1, 0.15) is 42.0 Å². The summed E-state index contributed by atoms with van der Waals surface area (Å²) < 4.78 is 2.16. The van der Waals surface area contributed by atoms with Gasteiger partial charge in [0.2, 0.25) is 0 Å². The molecule has 0 radical (unpaired) electrons. The second-order valence-electron chi connectivity index (χ2n) is 8.38. The fourth-order valence-corrected chi connectivity index (χ4v) is 4.74. The molecule has 1 fully saturated rings. The molecule has 0 saturated carbocycles. The largest absolute Gasteiger partial charge is 0.333 e. The Morgan fingerprint density at radius 3 is 2.57 bits per heavy atom. The molecule has 5 heteroatoms. The van der Waals surface area contributed by atoms with Gasteiger partial charge in [0.25, 0.3) is 0 Å². The number of fused-ring (bicyclic) bond motifs is 1. The highest BCUT2D eigenvalue weighted by atomic mass is 16.2. The van der Waals surface area contributed by atoms with Gasteiger partial charge in [-0.1, -0.05) is 48.5 Å². The number of hydrogen-bond acceptors (Lipinski definition) is 2. The van der Waals surface area contributed by atoms with Crippen molar-refractivity contribution in [2.24, 2.45) is 0 Å². The van der Waals surface area contributed by atoms with Gasteiger partial charge in [-0.3, -0.25) is 4.90 Å². The molecular formula is C25H28N4O. The normalized spacial score (nSPS) is 17.1. The fourth-order valence-electron chi connectivity index (χ4n) is 4.74. The maximum Gasteiger partial charge on any atom is 0.324 e. The topological polar surface area (TPSA) is 41.4 Å². The van der Waals surface area contributed by atoms with Gasteiger partial charge in [-0.25, -0.2) is 9.78 Å². The standard InChI is InChI=1S/C25H28N4O/c30-25(29-14-6-10-22-9-4-5-11-24(22)29)28-15-12-21(13-16-28)23-18-27(19-26-23)17-20-7-2-1-3-8-20/h1-5,7-9,11,18-19,21H,6,10,12-17H2. The van der Waals surface area contributed by atoms with E-state index in [9.17, 15) is 4.79 Å². The summed E-state index contributed by atoms with van der Waals surface area (Å²) in [7, 11) is 0. The van der Waals surface area contributed by atoms with Crippen LogP contribution in [0.3, 0.4) is 0 Å². The Hall–Kier alpha value is -3.08. The number of likely N-dealkylation sites (tertiary alicyclic amines) is 1. The van der Waals surface area contributed by atoms with Crippen LogP contribution in [0, 0.1) is 0 Å². The van der Waals surface area contributed by atoms with E-state index in [1.165, 1.54) is 11.1 Å². The molecule has 0 unspecified atom stereocenters. The molecule has 30 heavy (non-hydrogen) atoms. The molecule has 1 saturated heterocycles. The molecule has 0 spiro atoms. The molecule has 0 atom stereocenters. The highest BCUT2D eigenvalue weighted by Gasteiger charge is 2.30. The van der Waals surface area contributed by atoms with E-state index in [1.807, 2.05) is 28.3 Å². The van der Waals surface area contributed by atoms with E-state index < -0.39 is 0 Å². The predicted molar refractivity (Wildman–Crippen MR) is 119 cm³/mol. The van der Waals surface area contributed by atoms with Crippen LogP contribution in [0.25, 0.3) is 0 Å². The van der Waals surface area contributed by atoms with Crippen LogP contribution in [0.5, 0.6) is 0 Å². The van der Waals surface area contributed by atoms with Crippen LogP contribution >= 0.6 is 0 Å². The van der Waals surface area contributed by atoms with Gasteiger partial charge in [0.1, 0.15) is 0 Å². The van der Waals surface area contributed by atoms with Gasteiger partial charge in [0.05, 0.1) is 12.0 Å². The Morgan fingerprint density at radius 2 is 1.73 bits per heavy atom. The van der Waals surface area contributed by atoms with Gasteiger partial charge >= 0.3 is 6.03 Å². The molecule has 2 aliphatic rings. The number of aromatic nitrogens is 2. The van der Waals surface area contributed by atoms with Crippen molar-refractivity contribution >= 4 is 11.7 Å². The SMILES string of the molecule is O=C(N1CCC(c2cn(Cc3ccccc3)cn2)CC1)N1CCCc2ccccc21. The number of amides is 2. The number of carbonyl (C=O) groups is 1. The number of anilines is 1. The van der Waals surface area contributed by atoms with Crippen molar-refractivity contribution in [3.05, 3.63) is 83.9 Å². The number of piperidine rings is 1. The minimum absolute atomic E-state index is 0.162. The number of hydrogen-bond donors (Lipinski definition) is 0. The second kappa shape index (κ2) is 8.34. The first-order chi connectivity index (χ1) is 14.8. The van der Waals surface area contributed by atoms with Crippen LogP contribution in [0.4, 0.5) is 10.5 Å². The number of urea groups is 1. The summed E-state index contributed by atoms with van der Waals surface area (Å²) in [6.07, 6.45) is 8.17. The molecule has 0 bridgehead atoms. The first kappa shape index (κ1) is 18.9. The van der Waals surface area contributed by atoms with Crippen LogP contribution in [-0.4, -0.2) is 40.1 Å². The second-order valence-corrected chi connectivity index (χ2v) is 8.38. The van der Waals surface area contributed by atoms with Crippen LogP contribution in [0.2, 0.25) is 0 Å². The number of nitrogens with zero attached hydrogens (tertiary/aromatic N) is 4. The molecule has 5 rings (SSSR count). The minimum Gasteiger partial charge on any atom is -0.333 e. The van der Waals surface area contributed by atoms with Crippen molar-refractivity contribution in [1.82, 2.24) is 14.5 Å². The molecule has 3 aromatic rings. The zero-order chi connectivity index (χ0) is 20.3. The Bertz CT molecular complexity index is 1000. The predicted octanol–water partition coefficient (Wildman–Crippen LogP) is 4.68. The van der Waals surface area contributed by atoms with Gasteiger partial charge in [0, 0.05) is 44.0 Å². The zero-order valence-corrected chi connectivity index (χ0v) is 17.3. The third-order valence-electron chi connectivity index (χ3n) is 6.39. The molecule has 1 aromatic heterocycles. The average Bonchev–Trinajstić information content (AvgIpc) is 3.27. The molecule has 0 N–H and O–H groups in total. The third kappa shape index (κ3) is 3.84. The van der Waals surface area contributed by atoms with Crippen molar-refractivity contribution in [3.8, 4) is 0 Å². The highest BCUT2D eigenvalue weighted by Crippen LogP contribution is 2.31. The lowest BCUT2D eigenvalue weighted by Gasteiger charge is -2.37. The molecule has 3 heterocycles. The van der Waals surface area contributed by atoms with Crippen molar-refractivity contribution in [2.45, 2.75) is 38.1 Å². The number of rotatable bonds is 3. The van der Waals surface area contributed by atoms with Gasteiger partial charge < -0.3 is 9.47 Å². The molecule has 2 aromatic carbocycles. The minimum atomic E-state index is 0.162. The van der Waals surface area contributed by atoms with E-state index in [-0.39, 0.29) is 6.03 Å². The van der Waals surface area contributed by atoms with Gasteiger partial charge in [-0.05, 0) is 42.9 Å². The summed E-state index contributed by atoms with van der Waals surface area (Å²) >= 11 is 0. The van der Waals surface area contributed by atoms with Crippen LogP contribution < -0.4 is 4.90 Å². The Morgan fingerprint density at radius 1 is 0.967 bits per heavy atom. The van der Waals surface area contributed by atoms with E-state index in [2.05, 4.69) is 58.2 Å². The van der Waals surface area contributed by atoms with Crippen molar-refractivity contribution < 1.29 is 4.79 Å². The summed E-state index contributed by atoms with van der Waals surface area (Å²) in [5, 5.41) is 0. The fraction of sp³-hybridized carbons (Fsp3) is 0.360. The van der Waals surface area contributed by atoms with E-state index in [4.69, 9.17) is 0 Å². The van der Waals surface area contributed by atoms with E-state index >= 15 is 0 Å². The van der Waals surface area contributed by atoms with E-state index in [0.717, 1.165) is 63.2 Å². The maximum atomic E-state index is 13.2. The van der Waals surface area contributed by atoms with E-state index in [0.29, 0.717) is 5.92 Å². The van der Waals surface area contributed by atoms with Gasteiger partial charge in [-0.2, -0.15) is 0 Å². The zero-order valence-electron chi connectivity index (χ0n) is 17.3. The summed E-state index contributed by atoms with van der Waals surface area (Å²) in [6, 6.07) is 18.9. The number of imidazole rings is 1. The van der Waals surface area contributed by atoms with Crippen LogP contribution in [0.15, 0.2) is 67.1 Å². The first-order valence-corrected chi connectivity index (χ1v) is 11.0. The molecule has 2 aliphatic heterocycles. The lowest BCUT2D eigenvalue weighted by molar-refractivity contribution is 0.187. The van der Waals surface area contributed by atoms with Gasteiger partial charge in [-0.15, -0.1) is 0 Å². The third-order valence-corrected chi connectivity index (χ3v) is 6.39. The number of benzene rings is 2. The smallest absolute Gasteiger partial charge is 0.324 e. The van der Waals surface area contributed by atoms with Crippen molar-refractivity contribution in [3.63, 3.8) is 0 Å². The molecule has 5 nitrogen and oxygen atoms in total. The summed E-state index contributed by atoms with van der Waals surface area (Å²) in [5.41, 5.74) is 4.82. The summed E-state index contributed by atoms with van der Waals surface area (Å²) in [6.45, 7) is 3.26. The summed E-state index contributed by atoms with van der Waals surface area (Å²) in [4.78, 5) is 21.9. The monoisotopic (exact) mass is 400 g/mol. The van der Waals surface area contributed by atoms with Crippen LogP contribution in [-0.2, 0) is 13.0 Å². The average molecular weight is 401 g/mol. The Labute approximate surface area is 178 Å². The number of para-hydroxylation sites is 1. The Balaban J connectivity index is 1.20. The lowest BCUT2D eigenvalue weighted by Crippen LogP contribution is -2.48. The van der Waals surface area contributed by atoms with Crippen molar-refractivity contribution in [2.75, 3.05) is 24.5 Å². The number of carbonyl (C=O) groups excluding carboxylic acids is 1. The lowest BCUT2D eigenvalue weighted by atomic mass is 9.94. The molecule has 0 aliphatic carbocycles. The van der Waals surface area contributed by atoms with Gasteiger partial charge in [0.15, 0.2) is 0 Å². The molecular weight excluding hydrogens is 372 g/mol. The first-order valence-electron chi connectivity index (χ1n) is 11.0. The molecule has 2 amide bonds.